The zero-order chi connectivity index (χ0) is 45.9. The van der Waals surface area contributed by atoms with Gasteiger partial charge in [-0.3, -0.25) is 20.2 Å². The predicted molar refractivity (Wildman–Crippen MR) is 224 cm³/mol. The van der Waals surface area contributed by atoms with Crippen LogP contribution in [-0.2, 0) is 35.9 Å². The monoisotopic (exact) mass is 892 g/mol. The molecule has 0 spiro atoms. The summed E-state index contributed by atoms with van der Waals surface area (Å²) in [6.45, 7) is 0. The van der Waals surface area contributed by atoms with E-state index in [0.29, 0.717) is 22.3 Å². The van der Waals surface area contributed by atoms with Crippen LogP contribution in [0.1, 0.15) is 54.1 Å². The Morgan fingerprint density at radius 3 is 1.29 bits per heavy atom. The summed E-state index contributed by atoms with van der Waals surface area (Å²) < 4.78 is 83.0. The maximum Gasteiger partial charge on any atom is 0.337 e. The average Bonchev–Trinajstić information content (AvgIpc) is 3.25. The van der Waals surface area contributed by atoms with Crippen molar-refractivity contribution >= 4 is 43.0 Å². The van der Waals surface area contributed by atoms with Crippen LogP contribution in [0, 0.1) is 55.5 Å². The van der Waals surface area contributed by atoms with Crippen LogP contribution in [0.15, 0.2) is 143 Å². The minimum absolute atomic E-state index is 0.0221. The molecule has 1 N–H and O–H groups in total. The number of hydrogen-bond donors (Lipinski definition) is 1. The molecule has 6 aromatic rings. The molecular formula is C45H30F2N2O12S2. The van der Waals surface area contributed by atoms with Crippen LogP contribution >= 0.6 is 0 Å². The van der Waals surface area contributed by atoms with Crippen molar-refractivity contribution in [2.75, 3.05) is 7.11 Å². The van der Waals surface area contributed by atoms with E-state index in [9.17, 15) is 60.5 Å². The van der Waals surface area contributed by atoms with Crippen molar-refractivity contribution < 1.29 is 54.9 Å². The van der Waals surface area contributed by atoms with Crippen LogP contribution in [0.4, 0.5) is 20.2 Å². The van der Waals surface area contributed by atoms with Crippen molar-refractivity contribution in [3.63, 3.8) is 0 Å². The molecule has 0 atom stereocenters. The number of carboxylic acids is 1. The van der Waals surface area contributed by atoms with Crippen LogP contribution in [0.3, 0.4) is 0 Å². The lowest BCUT2D eigenvalue weighted by molar-refractivity contribution is -0.385. The first-order valence-electron chi connectivity index (χ1n) is 17.9. The van der Waals surface area contributed by atoms with Gasteiger partial charge in [-0.05, 0) is 96.1 Å². The Kier molecular flexibility index (Phi) is 14.6. The third-order valence-electron chi connectivity index (χ3n) is 8.68. The zero-order valence-electron chi connectivity index (χ0n) is 32.5. The van der Waals surface area contributed by atoms with E-state index in [-0.39, 0.29) is 43.4 Å². The average molecular weight is 893 g/mol. The number of aromatic carboxylic acids is 1. The van der Waals surface area contributed by atoms with Crippen molar-refractivity contribution in [1.82, 2.24) is 0 Å². The predicted octanol–water partition coefficient (Wildman–Crippen LogP) is 7.70. The van der Waals surface area contributed by atoms with E-state index in [0.717, 1.165) is 12.1 Å². The summed E-state index contributed by atoms with van der Waals surface area (Å²) in [5.41, 5.74) is 1.25. The van der Waals surface area contributed by atoms with Gasteiger partial charge in [0.25, 0.3) is 11.4 Å². The first-order chi connectivity index (χ1) is 29.8. The molecule has 0 heterocycles. The third kappa shape index (κ3) is 12.5. The number of benzene rings is 6. The molecule has 0 aromatic heterocycles. The zero-order valence-corrected chi connectivity index (χ0v) is 34.2. The van der Waals surface area contributed by atoms with Gasteiger partial charge in [0.2, 0.25) is 0 Å². The number of carboxylic acid groups (broad SMARTS) is 1. The summed E-state index contributed by atoms with van der Waals surface area (Å²) >= 11 is 0. The van der Waals surface area contributed by atoms with Crippen LogP contribution < -0.4 is 0 Å². The van der Waals surface area contributed by atoms with E-state index >= 15 is 0 Å². The molecule has 0 saturated heterocycles. The van der Waals surface area contributed by atoms with Crippen molar-refractivity contribution in [3.8, 4) is 23.7 Å². The highest BCUT2D eigenvalue weighted by molar-refractivity contribution is 7.91. The summed E-state index contributed by atoms with van der Waals surface area (Å²) in [5, 5.41) is 30.8. The molecule has 63 heavy (non-hydrogen) atoms. The fraction of sp³-hybridized carbons (Fsp3) is 0.0667. The number of methoxy groups -OCH3 is 1. The van der Waals surface area contributed by atoms with Crippen LogP contribution in [0.5, 0.6) is 0 Å². The molecule has 0 fully saturated rings. The smallest absolute Gasteiger partial charge is 0.337 e. The highest BCUT2D eigenvalue weighted by atomic mass is 32.2. The van der Waals surface area contributed by atoms with E-state index in [1.54, 1.807) is 0 Å². The minimum Gasteiger partial charge on any atom is -0.478 e. The molecule has 0 radical (unpaired) electrons. The number of sulfone groups is 2. The SMILES string of the molecule is COC(=O)c1ccc(S(=O)(=O)Cc2ccc([N+](=O)[O-])cc2)c(C#Cc2ccc(F)cc2)c1.O=C(O)c1ccc(S(=O)(=O)Cc2ccc([N+](=O)[O-])cc2)c(C#Cc2ccc(F)cc2)c1. The van der Waals surface area contributed by atoms with Crippen molar-refractivity contribution in [2.45, 2.75) is 21.3 Å². The van der Waals surface area contributed by atoms with Gasteiger partial charge in [0, 0.05) is 46.5 Å². The van der Waals surface area contributed by atoms with Gasteiger partial charge in [-0.15, -0.1) is 0 Å². The maximum atomic E-state index is 13.1. The van der Waals surface area contributed by atoms with Crippen molar-refractivity contribution in [1.29, 1.82) is 0 Å². The fourth-order valence-electron chi connectivity index (χ4n) is 5.54. The number of esters is 1. The second-order valence-corrected chi connectivity index (χ2v) is 17.0. The Labute approximate surface area is 358 Å². The Morgan fingerprint density at radius 2 is 0.937 bits per heavy atom. The van der Waals surface area contributed by atoms with Gasteiger partial charge < -0.3 is 9.84 Å². The number of ether oxygens (including phenoxy) is 1. The Hall–Kier alpha value is -8.06. The first kappa shape index (κ1) is 46.0. The molecular weight excluding hydrogens is 863 g/mol. The van der Waals surface area contributed by atoms with Gasteiger partial charge in [-0.2, -0.15) is 0 Å². The summed E-state index contributed by atoms with van der Waals surface area (Å²) in [6.07, 6.45) is 0. The van der Waals surface area contributed by atoms with Gasteiger partial charge in [0.15, 0.2) is 19.7 Å². The lowest BCUT2D eigenvalue weighted by atomic mass is 10.1. The number of nitro benzene ring substituents is 2. The van der Waals surface area contributed by atoms with Gasteiger partial charge in [0.1, 0.15) is 11.6 Å². The molecule has 0 unspecified atom stereocenters. The number of nitrogens with zero attached hydrogens (tertiary/aromatic N) is 2. The fourth-order valence-corrected chi connectivity index (χ4v) is 8.56. The standard InChI is InChI=1S/C23H16FNO6S.C22H14FNO6S/c1-31-23(26)19-8-13-22(18(14-19)7-2-16-3-9-20(24)10-4-16)32(29,30)15-17-5-11-21(12-6-17)25(27)28;23-19-8-2-15(3-9-19)1-6-17-13-18(22(25)26)7-12-21(17)31(29,30)14-16-4-10-20(11-5-16)24(27)28/h3-6,8-14H,15H2,1H3;2-5,7-13H,14H2,(H,25,26). The van der Waals surface area contributed by atoms with Crippen LogP contribution in [0.2, 0.25) is 0 Å². The highest BCUT2D eigenvalue weighted by Crippen LogP contribution is 2.25. The lowest BCUT2D eigenvalue weighted by Gasteiger charge is -2.09. The number of rotatable bonds is 10. The van der Waals surface area contributed by atoms with Gasteiger partial charge in [-0.25, -0.2) is 35.2 Å². The van der Waals surface area contributed by atoms with E-state index < -0.39 is 64.6 Å². The molecule has 0 bridgehead atoms. The van der Waals surface area contributed by atoms with E-state index in [1.165, 1.54) is 128 Å². The number of nitro groups is 2. The normalized spacial score (nSPS) is 10.7. The van der Waals surface area contributed by atoms with E-state index in [2.05, 4.69) is 28.4 Å². The molecule has 0 aliphatic heterocycles. The van der Waals surface area contributed by atoms with Gasteiger partial charge in [-0.1, -0.05) is 47.9 Å². The summed E-state index contributed by atoms with van der Waals surface area (Å²) in [7, 11) is -6.68. The molecule has 0 aliphatic carbocycles. The third-order valence-corrected chi connectivity index (χ3v) is 12.2. The topological polar surface area (TPSA) is 218 Å². The Bertz CT molecular complexity index is 3080. The molecule has 6 rings (SSSR count). The maximum absolute atomic E-state index is 13.1. The summed E-state index contributed by atoms with van der Waals surface area (Å²) in [6, 6.07) is 28.2. The number of non-ortho nitro benzene ring substituents is 2. The van der Waals surface area contributed by atoms with Crippen molar-refractivity contribution in [2.24, 2.45) is 0 Å². The number of hydrogen-bond acceptors (Lipinski definition) is 11. The van der Waals surface area contributed by atoms with E-state index in [4.69, 9.17) is 0 Å². The number of carbonyl (C=O) groups is 2. The Morgan fingerprint density at radius 1 is 0.571 bits per heavy atom. The minimum atomic E-state index is -3.96. The largest absolute Gasteiger partial charge is 0.478 e. The second-order valence-electron chi connectivity index (χ2n) is 13.1. The first-order valence-corrected chi connectivity index (χ1v) is 21.2. The molecule has 18 heteroatoms. The molecule has 6 aromatic carbocycles. The molecule has 14 nitrogen and oxygen atoms in total. The molecule has 0 saturated carbocycles. The molecule has 0 aliphatic rings. The van der Waals surface area contributed by atoms with Gasteiger partial charge >= 0.3 is 11.9 Å². The number of carbonyl (C=O) groups excluding carboxylic acids is 1. The van der Waals surface area contributed by atoms with E-state index in [1.807, 2.05) is 0 Å². The molecule has 318 valence electrons. The van der Waals surface area contributed by atoms with Crippen LogP contribution in [-0.4, -0.2) is 50.8 Å². The summed E-state index contributed by atoms with van der Waals surface area (Å²) in [5.74, 6) is 7.18. The second kappa shape index (κ2) is 20.0. The van der Waals surface area contributed by atoms with Crippen LogP contribution in [0.25, 0.3) is 0 Å². The number of halogens is 2. The molecule has 0 amide bonds. The van der Waals surface area contributed by atoms with Gasteiger partial charge in [0.05, 0.1) is 49.4 Å². The lowest BCUT2D eigenvalue weighted by Crippen LogP contribution is -2.09. The Balaban J connectivity index is 0.000000238. The quantitative estimate of drug-likeness (QED) is 0.0606. The summed E-state index contributed by atoms with van der Waals surface area (Å²) in [4.78, 5) is 43.3. The highest BCUT2D eigenvalue weighted by Gasteiger charge is 2.23. The van der Waals surface area contributed by atoms with Crippen molar-refractivity contribution in [3.05, 3.63) is 210 Å².